The third-order valence-corrected chi connectivity index (χ3v) is 5.63. The Morgan fingerprint density at radius 2 is 1.25 bits per heavy atom. The van der Waals surface area contributed by atoms with Crippen molar-refractivity contribution in [3.63, 3.8) is 0 Å². The minimum Gasteiger partial charge on any atom is -0.268 e. The molecule has 0 aromatic heterocycles. The highest BCUT2D eigenvalue weighted by atomic mass is 79.9. The number of hydrogen-bond donors (Lipinski definition) is 0. The maximum Gasteiger partial charge on any atom is 0.264 e. The van der Waals surface area contributed by atoms with E-state index in [-0.39, 0.29) is 5.91 Å². The second-order valence-corrected chi connectivity index (χ2v) is 8.54. The smallest absolute Gasteiger partial charge is 0.264 e. The van der Waals surface area contributed by atoms with E-state index in [4.69, 9.17) is 4.99 Å². The number of carbonyl (C=O) groups excluding carboxylic acids is 1. The normalized spacial score (nSPS) is 11.3. The molecule has 0 radical (unpaired) electrons. The van der Waals surface area contributed by atoms with Crippen molar-refractivity contribution in [1.29, 1.82) is 0 Å². The zero-order chi connectivity index (χ0) is 22.5. The molecule has 0 fully saturated rings. The van der Waals surface area contributed by atoms with E-state index in [1.54, 1.807) is 4.90 Å². The standard InChI is InChI=1S/C28H23BrN2O/c1-20-8-16-25(17-9-20)30-27(22-6-4-3-5-7-22)31(26-18-10-21(2)11-19-26)28(32)23-12-14-24(29)15-13-23/h3-19H,1-2H3. The van der Waals surface area contributed by atoms with Gasteiger partial charge in [-0.2, -0.15) is 0 Å². The maximum atomic E-state index is 13.8. The van der Waals surface area contributed by atoms with E-state index in [0.29, 0.717) is 11.4 Å². The Kier molecular flexibility index (Phi) is 6.62. The molecule has 158 valence electrons. The van der Waals surface area contributed by atoms with Gasteiger partial charge in [-0.3, -0.25) is 9.69 Å². The second kappa shape index (κ2) is 9.75. The van der Waals surface area contributed by atoms with Gasteiger partial charge in [0.05, 0.1) is 11.4 Å². The van der Waals surface area contributed by atoms with E-state index in [0.717, 1.165) is 32.5 Å². The van der Waals surface area contributed by atoms with Crippen LogP contribution in [0.25, 0.3) is 0 Å². The SMILES string of the molecule is Cc1ccc(N=C(c2ccccc2)N(C(=O)c2ccc(Br)cc2)c2ccc(C)cc2)cc1. The molecular formula is C28H23BrN2O. The first kappa shape index (κ1) is 21.7. The van der Waals surface area contributed by atoms with E-state index in [9.17, 15) is 4.79 Å². The third kappa shape index (κ3) is 5.04. The van der Waals surface area contributed by atoms with E-state index in [1.165, 1.54) is 0 Å². The average molecular weight is 483 g/mol. The summed E-state index contributed by atoms with van der Waals surface area (Å²) in [4.78, 5) is 20.5. The quantitative estimate of drug-likeness (QED) is 0.219. The maximum absolute atomic E-state index is 13.8. The number of carbonyl (C=O) groups is 1. The fourth-order valence-electron chi connectivity index (χ4n) is 3.32. The van der Waals surface area contributed by atoms with Crippen LogP contribution in [0.15, 0.2) is 113 Å². The Morgan fingerprint density at radius 1 is 0.688 bits per heavy atom. The lowest BCUT2D eigenvalue weighted by molar-refractivity contribution is 0.100. The largest absolute Gasteiger partial charge is 0.268 e. The van der Waals surface area contributed by atoms with Crippen LogP contribution in [0, 0.1) is 13.8 Å². The first-order valence-electron chi connectivity index (χ1n) is 10.4. The Bertz CT molecular complexity index is 1230. The molecule has 0 atom stereocenters. The van der Waals surface area contributed by atoms with Gasteiger partial charge >= 0.3 is 0 Å². The van der Waals surface area contributed by atoms with Crippen molar-refractivity contribution < 1.29 is 4.79 Å². The molecular weight excluding hydrogens is 460 g/mol. The van der Waals surface area contributed by atoms with Crippen molar-refractivity contribution >= 4 is 39.0 Å². The van der Waals surface area contributed by atoms with Crippen molar-refractivity contribution in [2.24, 2.45) is 4.99 Å². The van der Waals surface area contributed by atoms with Crippen LogP contribution in [0.2, 0.25) is 0 Å². The average Bonchev–Trinajstić information content (AvgIpc) is 2.82. The number of amidine groups is 1. The van der Waals surface area contributed by atoms with Crippen LogP contribution in [0.4, 0.5) is 11.4 Å². The van der Waals surface area contributed by atoms with Crippen molar-refractivity contribution in [2.45, 2.75) is 13.8 Å². The molecule has 0 unspecified atom stereocenters. The van der Waals surface area contributed by atoms with E-state index >= 15 is 0 Å². The van der Waals surface area contributed by atoms with Gasteiger partial charge in [0.25, 0.3) is 5.91 Å². The second-order valence-electron chi connectivity index (χ2n) is 7.62. The topological polar surface area (TPSA) is 32.7 Å². The molecule has 4 aromatic carbocycles. The number of rotatable bonds is 4. The molecule has 0 bridgehead atoms. The van der Waals surface area contributed by atoms with Crippen molar-refractivity contribution in [3.8, 4) is 0 Å². The van der Waals surface area contributed by atoms with Crippen LogP contribution in [-0.4, -0.2) is 11.7 Å². The monoisotopic (exact) mass is 482 g/mol. The summed E-state index contributed by atoms with van der Waals surface area (Å²) in [5, 5.41) is 0. The highest BCUT2D eigenvalue weighted by Crippen LogP contribution is 2.25. The summed E-state index contributed by atoms with van der Waals surface area (Å²) in [6.07, 6.45) is 0. The zero-order valence-corrected chi connectivity index (χ0v) is 19.6. The summed E-state index contributed by atoms with van der Waals surface area (Å²) in [6.45, 7) is 4.07. The number of anilines is 1. The van der Waals surface area contributed by atoms with Crippen LogP contribution in [0.1, 0.15) is 27.0 Å². The molecule has 0 N–H and O–H groups in total. The van der Waals surface area contributed by atoms with Gasteiger partial charge in [-0.15, -0.1) is 0 Å². The molecule has 0 aliphatic carbocycles. The van der Waals surface area contributed by atoms with Gasteiger partial charge < -0.3 is 0 Å². The third-order valence-electron chi connectivity index (χ3n) is 5.10. The minimum absolute atomic E-state index is 0.143. The van der Waals surface area contributed by atoms with Crippen LogP contribution in [0.5, 0.6) is 0 Å². The first-order valence-corrected chi connectivity index (χ1v) is 11.2. The predicted octanol–water partition coefficient (Wildman–Crippen LogP) is 7.49. The zero-order valence-electron chi connectivity index (χ0n) is 18.0. The fraction of sp³-hybridized carbons (Fsp3) is 0.0714. The number of amides is 1. The molecule has 0 heterocycles. The highest BCUT2D eigenvalue weighted by molar-refractivity contribution is 9.10. The van der Waals surface area contributed by atoms with Gasteiger partial charge in [0.15, 0.2) is 0 Å². The van der Waals surface area contributed by atoms with E-state index in [1.807, 2.05) is 117 Å². The van der Waals surface area contributed by atoms with Gasteiger partial charge in [-0.05, 0) is 62.4 Å². The number of aryl methyl sites for hydroxylation is 2. The Labute approximate surface area is 197 Å². The van der Waals surface area contributed by atoms with Crippen LogP contribution < -0.4 is 4.90 Å². The predicted molar refractivity (Wildman–Crippen MR) is 136 cm³/mol. The number of hydrogen-bond acceptors (Lipinski definition) is 2. The summed E-state index contributed by atoms with van der Waals surface area (Å²) in [6, 6.07) is 33.1. The summed E-state index contributed by atoms with van der Waals surface area (Å²) in [5.74, 6) is 0.433. The van der Waals surface area contributed by atoms with Crippen molar-refractivity contribution in [3.05, 3.63) is 130 Å². The lowest BCUT2D eigenvalue weighted by atomic mass is 10.1. The minimum atomic E-state index is -0.143. The van der Waals surface area contributed by atoms with Crippen LogP contribution >= 0.6 is 15.9 Å². The Morgan fingerprint density at radius 3 is 1.84 bits per heavy atom. The number of nitrogens with zero attached hydrogens (tertiary/aromatic N) is 2. The summed E-state index contributed by atoms with van der Waals surface area (Å²) < 4.78 is 0.924. The fourth-order valence-corrected chi connectivity index (χ4v) is 3.59. The summed E-state index contributed by atoms with van der Waals surface area (Å²) in [5.41, 5.74) is 5.28. The van der Waals surface area contributed by atoms with Gasteiger partial charge in [-0.1, -0.05) is 81.7 Å². The summed E-state index contributed by atoms with van der Waals surface area (Å²) in [7, 11) is 0. The molecule has 4 heteroatoms. The van der Waals surface area contributed by atoms with Crippen LogP contribution in [-0.2, 0) is 0 Å². The van der Waals surface area contributed by atoms with Gasteiger partial charge in [0, 0.05) is 15.6 Å². The molecule has 3 nitrogen and oxygen atoms in total. The van der Waals surface area contributed by atoms with Crippen molar-refractivity contribution in [1.82, 2.24) is 0 Å². The molecule has 0 aliphatic heterocycles. The summed E-state index contributed by atoms with van der Waals surface area (Å²) >= 11 is 3.45. The van der Waals surface area contributed by atoms with Crippen molar-refractivity contribution in [2.75, 3.05) is 4.90 Å². The first-order chi connectivity index (χ1) is 15.5. The Hall–Kier alpha value is -3.50. The molecule has 0 spiro atoms. The molecule has 0 aliphatic rings. The molecule has 32 heavy (non-hydrogen) atoms. The number of benzene rings is 4. The van der Waals surface area contributed by atoms with Crippen LogP contribution in [0.3, 0.4) is 0 Å². The van der Waals surface area contributed by atoms with E-state index < -0.39 is 0 Å². The molecule has 4 rings (SSSR count). The molecule has 1 amide bonds. The van der Waals surface area contributed by atoms with Gasteiger partial charge in [-0.25, -0.2) is 4.99 Å². The number of aliphatic imine (C=N–C) groups is 1. The Balaban J connectivity index is 1.91. The van der Waals surface area contributed by atoms with Gasteiger partial charge in [0.2, 0.25) is 0 Å². The highest BCUT2D eigenvalue weighted by Gasteiger charge is 2.24. The lowest BCUT2D eigenvalue weighted by Gasteiger charge is -2.25. The van der Waals surface area contributed by atoms with E-state index in [2.05, 4.69) is 15.9 Å². The lowest BCUT2D eigenvalue weighted by Crippen LogP contribution is -2.37. The van der Waals surface area contributed by atoms with Gasteiger partial charge in [0.1, 0.15) is 5.84 Å². The molecule has 4 aromatic rings. The molecule has 0 saturated heterocycles. The molecule has 0 saturated carbocycles. The number of halogens is 1.